The molecule has 0 spiro atoms. The summed E-state index contributed by atoms with van der Waals surface area (Å²) in [6.07, 6.45) is -22.3. The SMILES string of the molecule is CCCCC(=O)NCCCO[C@@H]1OC(CO)[C@H](O[C@H]2O[C@H](CO)[C@@H](O)C(O[C@@H]3OC(CO)[C@H](O)C(O)[C@H]3O)C2O)C(O)[C@H]1O. The van der Waals surface area contributed by atoms with Gasteiger partial charge >= 0.3 is 0 Å². The van der Waals surface area contributed by atoms with Crippen LogP contribution in [-0.4, -0.2) is 182 Å². The molecule has 0 radical (unpaired) electrons. The van der Waals surface area contributed by atoms with Crippen LogP contribution in [0.2, 0.25) is 0 Å². The number of amides is 1. The van der Waals surface area contributed by atoms with Crippen molar-refractivity contribution in [3.05, 3.63) is 0 Å². The van der Waals surface area contributed by atoms with Gasteiger partial charge in [0.15, 0.2) is 18.9 Å². The van der Waals surface area contributed by atoms with Crippen molar-refractivity contribution in [2.75, 3.05) is 33.0 Å². The van der Waals surface area contributed by atoms with Crippen LogP contribution in [0.1, 0.15) is 32.6 Å². The van der Waals surface area contributed by atoms with E-state index in [2.05, 4.69) is 5.32 Å². The molecule has 18 heteroatoms. The number of carbonyl (C=O) groups excluding carboxylic acids is 1. The monoisotopic (exact) mass is 645 g/mol. The Kier molecular flexibility index (Phi) is 15.0. The fraction of sp³-hybridized carbons (Fsp3) is 0.962. The highest BCUT2D eigenvalue weighted by Crippen LogP contribution is 2.32. The summed E-state index contributed by atoms with van der Waals surface area (Å²) in [6, 6.07) is 0. The van der Waals surface area contributed by atoms with Gasteiger partial charge in [-0.2, -0.15) is 0 Å². The highest BCUT2D eigenvalue weighted by molar-refractivity contribution is 5.75. The van der Waals surface area contributed by atoms with Crippen molar-refractivity contribution in [3.8, 4) is 0 Å². The number of hydrogen-bond acceptors (Lipinski definition) is 17. The van der Waals surface area contributed by atoms with Gasteiger partial charge in [-0.1, -0.05) is 13.3 Å². The predicted molar refractivity (Wildman–Crippen MR) is 142 cm³/mol. The molecule has 3 saturated heterocycles. The molecule has 258 valence electrons. The average molecular weight is 646 g/mol. The van der Waals surface area contributed by atoms with E-state index in [4.69, 9.17) is 28.4 Å². The molecule has 0 aromatic heterocycles. The van der Waals surface area contributed by atoms with Crippen LogP contribution in [0, 0.1) is 0 Å². The topological polar surface area (TPSA) is 287 Å². The fourth-order valence-corrected chi connectivity index (χ4v) is 5.10. The van der Waals surface area contributed by atoms with Crippen molar-refractivity contribution >= 4 is 5.91 Å². The van der Waals surface area contributed by atoms with E-state index >= 15 is 0 Å². The van der Waals surface area contributed by atoms with E-state index in [1.54, 1.807) is 0 Å². The molecule has 11 N–H and O–H groups in total. The molecule has 44 heavy (non-hydrogen) atoms. The Bertz CT molecular complexity index is 853. The molecule has 3 aliphatic rings. The highest BCUT2D eigenvalue weighted by Gasteiger charge is 2.53. The first kappa shape index (κ1) is 37.3. The van der Waals surface area contributed by atoms with Crippen molar-refractivity contribution in [2.24, 2.45) is 0 Å². The number of unbranched alkanes of at least 4 members (excludes halogenated alkanes) is 1. The Labute approximate surface area is 253 Å². The Morgan fingerprint density at radius 2 is 1.18 bits per heavy atom. The Morgan fingerprint density at radius 1 is 0.636 bits per heavy atom. The summed E-state index contributed by atoms with van der Waals surface area (Å²) < 4.78 is 33.0. The van der Waals surface area contributed by atoms with Crippen LogP contribution in [0.15, 0.2) is 0 Å². The van der Waals surface area contributed by atoms with Crippen LogP contribution in [0.5, 0.6) is 0 Å². The van der Waals surface area contributed by atoms with Crippen LogP contribution in [0.4, 0.5) is 0 Å². The first-order chi connectivity index (χ1) is 21.0. The molecule has 18 nitrogen and oxygen atoms in total. The molecule has 3 fully saturated rings. The van der Waals surface area contributed by atoms with E-state index < -0.39 is 112 Å². The smallest absolute Gasteiger partial charge is 0.219 e. The van der Waals surface area contributed by atoms with Crippen LogP contribution >= 0.6 is 0 Å². The molecule has 15 atom stereocenters. The minimum absolute atomic E-state index is 0.0314. The van der Waals surface area contributed by atoms with Crippen molar-refractivity contribution in [1.82, 2.24) is 5.32 Å². The third kappa shape index (κ3) is 9.00. The van der Waals surface area contributed by atoms with Gasteiger partial charge in [0, 0.05) is 13.0 Å². The molecule has 3 aliphatic heterocycles. The molecule has 0 bridgehead atoms. The lowest BCUT2D eigenvalue weighted by Crippen LogP contribution is -2.66. The molecule has 1 amide bonds. The largest absolute Gasteiger partial charge is 0.394 e. The summed E-state index contributed by atoms with van der Waals surface area (Å²) in [5, 5.41) is 105. The number of hydrogen-bond donors (Lipinski definition) is 11. The first-order valence-corrected chi connectivity index (χ1v) is 14.7. The second-order valence-corrected chi connectivity index (χ2v) is 11.0. The molecular formula is C26H47NO17. The van der Waals surface area contributed by atoms with Crippen LogP contribution < -0.4 is 5.32 Å². The van der Waals surface area contributed by atoms with Crippen LogP contribution in [-0.2, 0) is 33.2 Å². The summed E-state index contributed by atoms with van der Waals surface area (Å²) in [5.41, 5.74) is 0. The van der Waals surface area contributed by atoms with E-state index in [0.29, 0.717) is 19.4 Å². The Balaban J connectivity index is 1.62. The van der Waals surface area contributed by atoms with Crippen molar-refractivity contribution in [2.45, 2.75) is 125 Å². The molecule has 0 aliphatic carbocycles. The summed E-state index contributed by atoms with van der Waals surface area (Å²) >= 11 is 0. The third-order valence-electron chi connectivity index (χ3n) is 7.76. The van der Waals surface area contributed by atoms with Gasteiger partial charge in [0.2, 0.25) is 5.91 Å². The minimum atomic E-state index is -1.91. The van der Waals surface area contributed by atoms with Gasteiger partial charge in [-0.05, 0) is 12.8 Å². The van der Waals surface area contributed by atoms with Gasteiger partial charge in [0.1, 0.15) is 73.2 Å². The lowest BCUT2D eigenvalue weighted by atomic mass is 9.96. The van der Waals surface area contributed by atoms with E-state index in [1.807, 2.05) is 6.92 Å². The van der Waals surface area contributed by atoms with Gasteiger partial charge in [-0.15, -0.1) is 0 Å². The van der Waals surface area contributed by atoms with Gasteiger partial charge in [0.05, 0.1) is 26.4 Å². The molecule has 6 unspecified atom stereocenters. The summed E-state index contributed by atoms with van der Waals surface area (Å²) in [7, 11) is 0. The van der Waals surface area contributed by atoms with Crippen LogP contribution in [0.3, 0.4) is 0 Å². The second kappa shape index (κ2) is 17.7. The fourth-order valence-electron chi connectivity index (χ4n) is 5.10. The van der Waals surface area contributed by atoms with Crippen LogP contribution in [0.25, 0.3) is 0 Å². The maximum absolute atomic E-state index is 11.7. The summed E-state index contributed by atoms with van der Waals surface area (Å²) in [5.74, 6) is -0.0968. The number of carbonyl (C=O) groups is 1. The molecule has 0 aromatic carbocycles. The van der Waals surface area contributed by atoms with E-state index in [-0.39, 0.29) is 12.5 Å². The first-order valence-electron chi connectivity index (χ1n) is 14.7. The van der Waals surface area contributed by atoms with E-state index in [0.717, 1.165) is 12.8 Å². The lowest BCUT2D eigenvalue weighted by molar-refractivity contribution is -0.380. The predicted octanol–water partition coefficient (Wildman–Crippen LogP) is -5.85. The molecule has 0 saturated carbocycles. The lowest BCUT2D eigenvalue weighted by Gasteiger charge is -2.48. The van der Waals surface area contributed by atoms with Crippen molar-refractivity contribution in [3.63, 3.8) is 0 Å². The molecular weight excluding hydrogens is 598 g/mol. The normalized spacial score (nSPS) is 43.1. The Hall–Kier alpha value is -1.17. The van der Waals surface area contributed by atoms with Crippen molar-refractivity contribution in [1.29, 1.82) is 0 Å². The number of nitrogens with one attached hydrogen (secondary N) is 1. The van der Waals surface area contributed by atoms with E-state index in [9.17, 15) is 55.9 Å². The standard InChI is InChI=1S/C26H47NO17/c1-2-3-5-14(31)27-6-4-7-39-24-20(37)18(35)22(13(10-30)42-24)43-26-21(38)23(16(33)12(9-29)41-26)44-25-19(36)17(34)15(32)11(8-28)40-25/h11-13,15-26,28-30,32-38H,2-10H2,1H3,(H,27,31)/t11?,12-,13?,15+,16-,17?,18?,19-,20-,21?,22+,23?,24-,25+,26-/m1/s1. The highest BCUT2D eigenvalue weighted by atomic mass is 16.8. The number of ether oxygens (including phenoxy) is 6. The number of aliphatic hydroxyl groups is 10. The summed E-state index contributed by atoms with van der Waals surface area (Å²) in [4.78, 5) is 11.7. The second-order valence-electron chi connectivity index (χ2n) is 11.0. The van der Waals surface area contributed by atoms with E-state index in [1.165, 1.54) is 0 Å². The third-order valence-corrected chi connectivity index (χ3v) is 7.76. The zero-order valence-electron chi connectivity index (χ0n) is 24.4. The molecule has 3 rings (SSSR count). The zero-order chi connectivity index (χ0) is 32.6. The van der Waals surface area contributed by atoms with Crippen molar-refractivity contribution < 1.29 is 84.3 Å². The average Bonchev–Trinajstić information content (AvgIpc) is 3.02. The quantitative estimate of drug-likeness (QED) is 0.0739. The zero-order valence-corrected chi connectivity index (χ0v) is 24.4. The van der Waals surface area contributed by atoms with Gasteiger partial charge in [-0.25, -0.2) is 0 Å². The van der Waals surface area contributed by atoms with Gasteiger partial charge in [0.25, 0.3) is 0 Å². The maximum atomic E-state index is 11.7. The van der Waals surface area contributed by atoms with Gasteiger partial charge < -0.3 is 84.8 Å². The van der Waals surface area contributed by atoms with Gasteiger partial charge in [-0.3, -0.25) is 4.79 Å². The Morgan fingerprint density at radius 3 is 1.80 bits per heavy atom. The number of aliphatic hydroxyl groups excluding tert-OH is 10. The summed E-state index contributed by atoms with van der Waals surface area (Å²) in [6.45, 7) is 0.00179. The maximum Gasteiger partial charge on any atom is 0.219 e. The molecule has 0 aromatic rings. The minimum Gasteiger partial charge on any atom is -0.394 e. The number of rotatable bonds is 15. The molecule has 3 heterocycles.